The van der Waals surface area contributed by atoms with Crippen molar-refractivity contribution in [3.8, 4) is 11.5 Å². The first-order valence-electron chi connectivity index (χ1n) is 6.95. The molecular weight excluding hydrogens is 360 g/mol. The molecule has 0 unspecified atom stereocenters. The average Bonchev–Trinajstić information content (AvgIpc) is 3.03. The first-order chi connectivity index (χ1) is 11.9. The van der Waals surface area contributed by atoms with E-state index in [9.17, 15) is 18.4 Å². The molecule has 1 heterocycles. The first kappa shape index (κ1) is 17.0. The predicted octanol–water partition coefficient (Wildman–Crippen LogP) is 3.14. The maximum absolute atomic E-state index is 13.2. The van der Waals surface area contributed by atoms with Crippen molar-refractivity contribution >= 4 is 29.2 Å². The molecule has 25 heavy (non-hydrogen) atoms. The third-order valence-electron chi connectivity index (χ3n) is 3.22. The maximum atomic E-state index is 13.2. The highest BCUT2D eigenvalue weighted by Crippen LogP contribution is 2.34. The van der Waals surface area contributed by atoms with Gasteiger partial charge in [-0.15, -0.1) is 0 Å². The second-order valence-corrected chi connectivity index (χ2v) is 5.35. The summed E-state index contributed by atoms with van der Waals surface area (Å²) in [5, 5.41) is 2.18. The van der Waals surface area contributed by atoms with Crippen LogP contribution in [0.2, 0.25) is 5.02 Å². The number of carbonyl (C=O) groups is 2. The van der Waals surface area contributed by atoms with Crippen molar-refractivity contribution in [2.24, 2.45) is 0 Å². The summed E-state index contributed by atoms with van der Waals surface area (Å²) in [7, 11) is 0. The maximum Gasteiger partial charge on any atom is 0.340 e. The number of rotatable bonds is 4. The number of fused-ring (bicyclic) bond motifs is 1. The number of nitrogens with one attached hydrogen (secondary N) is 1. The molecule has 0 aliphatic carbocycles. The van der Waals surface area contributed by atoms with Crippen LogP contribution in [0.25, 0.3) is 0 Å². The van der Waals surface area contributed by atoms with Crippen LogP contribution in [0.3, 0.4) is 0 Å². The van der Waals surface area contributed by atoms with Gasteiger partial charge in [0, 0.05) is 11.8 Å². The Hall–Kier alpha value is -2.87. The zero-order valence-electron chi connectivity index (χ0n) is 12.5. The molecule has 0 fully saturated rings. The monoisotopic (exact) mass is 369 g/mol. The van der Waals surface area contributed by atoms with Gasteiger partial charge in [0.25, 0.3) is 5.91 Å². The molecular formula is C16H10ClF2NO5. The Balaban J connectivity index is 1.59. The topological polar surface area (TPSA) is 73.9 Å². The number of anilines is 1. The van der Waals surface area contributed by atoms with E-state index in [1.807, 2.05) is 0 Å². The van der Waals surface area contributed by atoms with Gasteiger partial charge in [0.05, 0.1) is 10.6 Å². The molecule has 0 atom stereocenters. The van der Waals surface area contributed by atoms with Crippen LogP contribution in [-0.2, 0) is 9.53 Å². The number of hydrogen-bond acceptors (Lipinski definition) is 5. The lowest BCUT2D eigenvalue weighted by molar-refractivity contribution is -0.119. The van der Waals surface area contributed by atoms with Gasteiger partial charge in [-0.05, 0) is 24.3 Å². The summed E-state index contributed by atoms with van der Waals surface area (Å²) in [6.45, 7) is -0.540. The number of halogens is 3. The molecule has 9 heteroatoms. The van der Waals surface area contributed by atoms with E-state index in [4.69, 9.17) is 25.8 Å². The SMILES string of the molecule is O=C(COC(=O)c1cc(F)c(F)cc1Cl)Nc1ccc2c(c1)OCO2. The van der Waals surface area contributed by atoms with Crippen LogP contribution in [0.4, 0.5) is 14.5 Å². The van der Waals surface area contributed by atoms with Crippen molar-refractivity contribution in [2.75, 3.05) is 18.7 Å². The van der Waals surface area contributed by atoms with Crippen molar-refractivity contribution in [1.82, 2.24) is 0 Å². The van der Waals surface area contributed by atoms with Gasteiger partial charge in [-0.3, -0.25) is 4.79 Å². The number of benzene rings is 2. The van der Waals surface area contributed by atoms with Crippen molar-refractivity contribution in [3.63, 3.8) is 0 Å². The third kappa shape index (κ3) is 3.80. The molecule has 0 aromatic heterocycles. The minimum Gasteiger partial charge on any atom is -0.454 e. The molecule has 0 bridgehead atoms. The summed E-state index contributed by atoms with van der Waals surface area (Å²) in [6, 6.07) is 6.01. The van der Waals surface area contributed by atoms with Gasteiger partial charge in [0.15, 0.2) is 29.7 Å². The fraction of sp³-hybridized carbons (Fsp3) is 0.125. The van der Waals surface area contributed by atoms with E-state index >= 15 is 0 Å². The molecule has 0 spiro atoms. The van der Waals surface area contributed by atoms with E-state index in [0.717, 1.165) is 0 Å². The van der Waals surface area contributed by atoms with Gasteiger partial charge in [0.2, 0.25) is 6.79 Å². The predicted molar refractivity (Wildman–Crippen MR) is 82.8 cm³/mol. The van der Waals surface area contributed by atoms with Crippen LogP contribution in [0.1, 0.15) is 10.4 Å². The van der Waals surface area contributed by atoms with Crippen LogP contribution in [0, 0.1) is 11.6 Å². The zero-order chi connectivity index (χ0) is 18.0. The highest BCUT2D eigenvalue weighted by atomic mass is 35.5. The number of carbonyl (C=O) groups excluding carboxylic acids is 2. The highest BCUT2D eigenvalue weighted by molar-refractivity contribution is 6.33. The van der Waals surface area contributed by atoms with Gasteiger partial charge in [0.1, 0.15) is 0 Å². The smallest absolute Gasteiger partial charge is 0.340 e. The number of esters is 1. The van der Waals surface area contributed by atoms with Crippen LogP contribution in [0.5, 0.6) is 11.5 Å². The first-order valence-corrected chi connectivity index (χ1v) is 7.33. The number of hydrogen-bond donors (Lipinski definition) is 1. The van der Waals surface area contributed by atoms with E-state index in [0.29, 0.717) is 29.3 Å². The lowest BCUT2D eigenvalue weighted by atomic mass is 10.2. The Morgan fingerprint density at radius 1 is 1.12 bits per heavy atom. The Kier molecular flexibility index (Phi) is 4.71. The van der Waals surface area contributed by atoms with E-state index in [2.05, 4.69) is 5.32 Å². The minimum absolute atomic E-state index is 0.0966. The molecule has 1 aliphatic heterocycles. The highest BCUT2D eigenvalue weighted by Gasteiger charge is 2.18. The van der Waals surface area contributed by atoms with Gasteiger partial charge in [-0.2, -0.15) is 0 Å². The number of amides is 1. The van der Waals surface area contributed by atoms with Gasteiger partial charge in [-0.25, -0.2) is 13.6 Å². The summed E-state index contributed by atoms with van der Waals surface area (Å²) in [6.07, 6.45) is 0. The molecule has 2 aromatic rings. The molecule has 1 amide bonds. The zero-order valence-corrected chi connectivity index (χ0v) is 13.2. The fourth-order valence-corrected chi connectivity index (χ4v) is 2.29. The summed E-state index contributed by atoms with van der Waals surface area (Å²) < 4.78 is 41.2. The summed E-state index contributed by atoms with van der Waals surface area (Å²) >= 11 is 5.66. The summed E-state index contributed by atoms with van der Waals surface area (Å²) in [4.78, 5) is 23.7. The van der Waals surface area contributed by atoms with Crippen molar-refractivity contribution in [2.45, 2.75) is 0 Å². The largest absolute Gasteiger partial charge is 0.454 e. The Morgan fingerprint density at radius 3 is 2.64 bits per heavy atom. The minimum atomic E-state index is -1.25. The molecule has 1 aliphatic rings. The van der Waals surface area contributed by atoms with Gasteiger partial charge >= 0.3 is 5.97 Å². The van der Waals surface area contributed by atoms with Gasteiger partial charge in [-0.1, -0.05) is 11.6 Å². The molecule has 3 rings (SSSR count). The molecule has 130 valence electrons. The van der Waals surface area contributed by atoms with Crippen LogP contribution < -0.4 is 14.8 Å². The quantitative estimate of drug-likeness (QED) is 0.662. The normalized spacial score (nSPS) is 12.0. The molecule has 2 aromatic carbocycles. The average molecular weight is 370 g/mol. The number of ether oxygens (including phenoxy) is 3. The van der Waals surface area contributed by atoms with E-state index in [1.54, 1.807) is 18.2 Å². The van der Waals surface area contributed by atoms with Crippen molar-refractivity contribution in [1.29, 1.82) is 0 Å². The molecule has 0 radical (unpaired) electrons. The lowest BCUT2D eigenvalue weighted by Crippen LogP contribution is -2.21. The summed E-state index contributed by atoms with van der Waals surface area (Å²) in [5.74, 6) is -3.10. The fourth-order valence-electron chi connectivity index (χ4n) is 2.06. The standard InChI is InChI=1S/C16H10ClF2NO5/c17-10-5-12(19)11(18)4-9(10)16(22)23-6-15(21)20-8-1-2-13-14(3-8)25-7-24-13/h1-5H,6-7H2,(H,20,21). The molecule has 1 N–H and O–H groups in total. The van der Waals surface area contributed by atoms with E-state index in [1.165, 1.54) is 0 Å². The van der Waals surface area contributed by atoms with E-state index in [-0.39, 0.29) is 17.4 Å². The Morgan fingerprint density at radius 2 is 1.84 bits per heavy atom. The van der Waals surface area contributed by atoms with Crippen LogP contribution in [-0.4, -0.2) is 25.3 Å². The molecule has 0 saturated heterocycles. The second kappa shape index (κ2) is 6.94. The third-order valence-corrected chi connectivity index (χ3v) is 3.53. The lowest BCUT2D eigenvalue weighted by Gasteiger charge is -2.08. The second-order valence-electron chi connectivity index (χ2n) is 4.94. The van der Waals surface area contributed by atoms with Crippen molar-refractivity contribution < 1.29 is 32.6 Å². The molecule has 6 nitrogen and oxygen atoms in total. The Bertz CT molecular complexity index is 859. The van der Waals surface area contributed by atoms with E-state index < -0.39 is 30.1 Å². The van der Waals surface area contributed by atoms with Gasteiger partial charge < -0.3 is 19.5 Å². The van der Waals surface area contributed by atoms with Crippen LogP contribution in [0.15, 0.2) is 30.3 Å². The van der Waals surface area contributed by atoms with Crippen LogP contribution >= 0.6 is 11.6 Å². The molecule has 0 saturated carbocycles. The Labute approximate surface area is 145 Å². The summed E-state index contributed by atoms with van der Waals surface area (Å²) in [5.41, 5.74) is 0.0348. The van der Waals surface area contributed by atoms with Crippen molar-refractivity contribution in [3.05, 3.63) is 52.6 Å².